The molecular formula is C11H15N5O2S. The fourth-order valence-corrected chi connectivity index (χ4v) is 1.96. The highest BCUT2D eigenvalue weighted by atomic mass is 32.1. The van der Waals surface area contributed by atoms with Gasteiger partial charge in [-0.25, -0.2) is 0 Å². The molecule has 0 saturated heterocycles. The lowest BCUT2D eigenvalue weighted by Crippen LogP contribution is -2.12. The third kappa shape index (κ3) is 3.82. The highest BCUT2D eigenvalue weighted by Crippen LogP contribution is 2.14. The lowest BCUT2D eigenvalue weighted by atomic mass is 10.2. The fraction of sp³-hybridized carbons (Fsp3) is 0.545. The van der Waals surface area contributed by atoms with E-state index in [4.69, 9.17) is 4.52 Å². The van der Waals surface area contributed by atoms with Crippen LogP contribution in [0.1, 0.15) is 42.9 Å². The number of rotatable bonds is 5. The smallest absolute Gasteiger partial charge is 0.227 e. The number of aryl methyl sites for hydroxylation is 2. The van der Waals surface area contributed by atoms with Crippen LogP contribution in [0.3, 0.4) is 0 Å². The summed E-state index contributed by atoms with van der Waals surface area (Å²) in [7, 11) is 0. The molecule has 2 aromatic heterocycles. The van der Waals surface area contributed by atoms with Crippen molar-refractivity contribution in [3.8, 4) is 0 Å². The van der Waals surface area contributed by atoms with Crippen LogP contribution in [0.15, 0.2) is 4.52 Å². The number of carbonyl (C=O) groups is 1. The minimum Gasteiger partial charge on any atom is -0.339 e. The highest BCUT2D eigenvalue weighted by molar-refractivity contribution is 7.15. The van der Waals surface area contributed by atoms with E-state index in [1.165, 1.54) is 11.3 Å². The first-order valence-electron chi connectivity index (χ1n) is 5.97. The lowest BCUT2D eigenvalue weighted by Gasteiger charge is -1.98. The molecule has 0 saturated carbocycles. The van der Waals surface area contributed by atoms with Gasteiger partial charge >= 0.3 is 0 Å². The Kier molecular flexibility index (Phi) is 4.20. The predicted molar refractivity (Wildman–Crippen MR) is 70.0 cm³/mol. The van der Waals surface area contributed by atoms with Gasteiger partial charge in [0.15, 0.2) is 5.82 Å². The van der Waals surface area contributed by atoms with E-state index in [9.17, 15) is 4.79 Å². The molecule has 0 aliphatic heterocycles. The van der Waals surface area contributed by atoms with Crippen molar-refractivity contribution in [2.45, 2.75) is 39.5 Å². The SMILES string of the molecule is Cc1nnc(NC(=O)CCc2nc(C(C)C)no2)s1. The molecular weight excluding hydrogens is 266 g/mol. The standard InChI is InChI=1S/C11H15N5O2S/c1-6(2)10-13-9(18-16-10)5-4-8(17)12-11-15-14-7(3)19-11/h6H,4-5H2,1-3H3,(H,12,15,17). The molecule has 0 aromatic carbocycles. The summed E-state index contributed by atoms with van der Waals surface area (Å²) >= 11 is 1.34. The van der Waals surface area contributed by atoms with Gasteiger partial charge in [0, 0.05) is 18.8 Å². The zero-order valence-corrected chi connectivity index (χ0v) is 11.8. The minimum atomic E-state index is -0.138. The van der Waals surface area contributed by atoms with Gasteiger partial charge in [0.2, 0.25) is 16.9 Å². The molecule has 2 aromatic rings. The monoisotopic (exact) mass is 281 g/mol. The number of hydrogen-bond acceptors (Lipinski definition) is 7. The molecule has 0 radical (unpaired) electrons. The van der Waals surface area contributed by atoms with Crippen molar-refractivity contribution >= 4 is 22.4 Å². The summed E-state index contributed by atoms with van der Waals surface area (Å²) < 4.78 is 5.06. The van der Waals surface area contributed by atoms with Gasteiger partial charge in [-0.2, -0.15) is 4.98 Å². The van der Waals surface area contributed by atoms with Gasteiger partial charge in [-0.05, 0) is 6.92 Å². The second-order valence-corrected chi connectivity index (χ2v) is 5.56. The largest absolute Gasteiger partial charge is 0.339 e. The van der Waals surface area contributed by atoms with Crippen LogP contribution in [-0.4, -0.2) is 26.2 Å². The maximum Gasteiger partial charge on any atom is 0.227 e. The van der Waals surface area contributed by atoms with Crippen molar-refractivity contribution in [1.29, 1.82) is 0 Å². The van der Waals surface area contributed by atoms with Crippen molar-refractivity contribution < 1.29 is 9.32 Å². The van der Waals surface area contributed by atoms with Gasteiger partial charge in [-0.3, -0.25) is 4.79 Å². The number of carbonyl (C=O) groups excluding carboxylic acids is 1. The summed E-state index contributed by atoms with van der Waals surface area (Å²) in [5.74, 6) is 1.22. The molecule has 102 valence electrons. The molecule has 0 unspecified atom stereocenters. The summed E-state index contributed by atoms with van der Waals surface area (Å²) in [5, 5.41) is 15.5. The maximum absolute atomic E-state index is 11.7. The first-order valence-corrected chi connectivity index (χ1v) is 6.78. The molecule has 7 nitrogen and oxygen atoms in total. The second kappa shape index (κ2) is 5.87. The zero-order valence-electron chi connectivity index (χ0n) is 11.0. The number of anilines is 1. The van der Waals surface area contributed by atoms with E-state index in [-0.39, 0.29) is 18.2 Å². The van der Waals surface area contributed by atoms with Gasteiger partial charge in [0.1, 0.15) is 5.01 Å². The Balaban J connectivity index is 1.82. The molecule has 0 atom stereocenters. The maximum atomic E-state index is 11.7. The molecule has 0 aliphatic rings. The van der Waals surface area contributed by atoms with Crippen LogP contribution < -0.4 is 5.32 Å². The van der Waals surface area contributed by atoms with Crippen LogP contribution in [0, 0.1) is 6.92 Å². The number of amides is 1. The number of nitrogens with zero attached hydrogens (tertiary/aromatic N) is 4. The van der Waals surface area contributed by atoms with Gasteiger partial charge in [-0.1, -0.05) is 30.3 Å². The summed E-state index contributed by atoms with van der Waals surface area (Å²) in [4.78, 5) is 15.9. The van der Waals surface area contributed by atoms with E-state index in [2.05, 4.69) is 25.7 Å². The van der Waals surface area contributed by atoms with E-state index < -0.39 is 0 Å². The third-order valence-electron chi connectivity index (χ3n) is 2.34. The average Bonchev–Trinajstić information content (AvgIpc) is 2.96. The van der Waals surface area contributed by atoms with E-state index in [0.717, 1.165) is 5.01 Å². The van der Waals surface area contributed by atoms with Gasteiger partial charge < -0.3 is 9.84 Å². The van der Waals surface area contributed by atoms with Gasteiger partial charge in [-0.15, -0.1) is 10.2 Å². The van der Waals surface area contributed by atoms with Crippen molar-refractivity contribution in [3.63, 3.8) is 0 Å². The molecule has 2 rings (SSSR count). The summed E-state index contributed by atoms with van der Waals surface area (Å²) in [6.07, 6.45) is 0.696. The number of hydrogen-bond donors (Lipinski definition) is 1. The Morgan fingerprint density at radius 3 is 2.79 bits per heavy atom. The van der Waals surface area contributed by atoms with Crippen molar-refractivity contribution in [2.75, 3.05) is 5.32 Å². The Morgan fingerprint density at radius 1 is 1.42 bits per heavy atom. The predicted octanol–water partition coefficient (Wildman–Crippen LogP) is 1.92. The van der Waals surface area contributed by atoms with E-state index >= 15 is 0 Å². The van der Waals surface area contributed by atoms with Crippen molar-refractivity contribution in [2.24, 2.45) is 0 Å². The zero-order chi connectivity index (χ0) is 13.8. The van der Waals surface area contributed by atoms with E-state index in [0.29, 0.717) is 23.3 Å². The van der Waals surface area contributed by atoms with Crippen LogP contribution in [0.25, 0.3) is 0 Å². The van der Waals surface area contributed by atoms with Crippen molar-refractivity contribution in [1.82, 2.24) is 20.3 Å². The molecule has 0 spiro atoms. The van der Waals surface area contributed by atoms with Crippen LogP contribution >= 0.6 is 11.3 Å². The first-order chi connectivity index (χ1) is 9.04. The average molecular weight is 281 g/mol. The summed E-state index contributed by atoms with van der Waals surface area (Å²) in [5.41, 5.74) is 0. The molecule has 1 N–H and O–H groups in total. The van der Waals surface area contributed by atoms with Crippen LogP contribution in [-0.2, 0) is 11.2 Å². The van der Waals surface area contributed by atoms with Crippen molar-refractivity contribution in [3.05, 3.63) is 16.7 Å². The molecule has 0 fully saturated rings. The Hall–Kier alpha value is -1.83. The molecule has 1 amide bonds. The Bertz CT molecular complexity index is 563. The van der Waals surface area contributed by atoms with Crippen LogP contribution in [0.2, 0.25) is 0 Å². The molecule has 19 heavy (non-hydrogen) atoms. The number of nitrogens with one attached hydrogen (secondary N) is 1. The lowest BCUT2D eigenvalue weighted by molar-refractivity contribution is -0.116. The van der Waals surface area contributed by atoms with E-state index in [1.807, 2.05) is 20.8 Å². The molecule has 0 bridgehead atoms. The van der Waals surface area contributed by atoms with Gasteiger partial charge in [0.05, 0.1) is 0 Å². The highest BCUT2D eigenvalue weighted by Gasteiger charge is 2.12. The Morgan fingerprint density at radius 2 is 2.21 bits per heavy atom. The Labute approximate surface area is 114 Å². The number of aromatic nitrogens is 4. The van der Waals surface area contributed by atoms with E-state index in [1.54, 1.807) is 0 Å². The normalized spacial score (nSPS) is 10.9. The molecule has 2 heterocycles. The minimum absolute atomic E-state index is 0.138. The topological polar surface area (TPSA) is 93.8 Å². The third-order valence-corrected chi connectivity index (χ3v) is 3.09. The fourth-order valence-electron chi connectivity index (χ4n) is 1.35. The molecule has 8 heteroatoms. The summed E-state index contributed by atoms with van der Waals surface area (Å²) in [6, 6.07) is 0. The quantitative estimate of drug-likeness (QED) is 0.899. The second-order valence-electron chi connectivity index (χ2n) is 4.38. The first kappa shape index (κ1) is 13.6. The summed E-state index contributed by atoms with van der Waals surface area (Å²) in [6.45, 7) is 5.80. The molecule has 0 aliphatic carbocycles. The van der Waals surface area contributed by atoms with Crippen LogP contribution in [0.4, 0.5) is 5.13 Å². The van der Waals surface area contributed by atoms with Gasteiger partial charge in [0.25, 0.3) is 0 Å². The van der Waals surface area contributed by atoms with Crippen LogP contribution in [0.5, 0.6) is 0 Å².